The lowest BCUT2D eigenvalue weighted by atomic mass is 9.82. The normalized spacial score (nSPS) is 20.7. The number of aliphatic hydroxyl groups excluding tert-OH is 1. The number of fused-ring (bicyclic) bond motifs is 1. The molecule has 1 saturated carbocycles. The highest BCUT2D eigenvalue weighted by molar-refractivity contribution is 5.99. The van der Waals surface area contributed by atoms with Crippen molar-refractivity contribution in [3.8, 4) is 16.9 Å². The lowest BCUT2D eigenvalue weighted by molar-refractivity contribution is 0.0234. The number of hydrogen-bond donors (Lipinski definition) is 1. The highest BCUT2D eigenvalue weighted by Crippen LogP contribution is 2.33. The van der Waals surface area contributed by atoms with E-state index in [0.29, 0.717) is 36.0 Å². The minimum Gasteiger partial charge on any atom is -0.393 e. The Bertz CT molecular complexity index is 1100. The molecule has 1 aliphatic heterocycles. The number of carbonyl (C=O) groups excluding carboxylic acids is 1. The van der Waals surface area contributed by atoms with Crippen LogP contribution < -0.4 is 0 Å². The fourth-order valence-corrected chi connectivity index (χ4v) is 4.29. The van der Waals surface area contributed by atoms with Crippen molar-refractivity contribution < 1.29 is 14.3 Å². The summed E-state index contributed by atoms with van der Waals surface area (Å²) in [6.45, 7) is 3.10. The number of nitrogens with zero attached hydrogens (tertiary/aromatic N) is 4. The minimum absolute atomic E-state index is 0.0414. The van der Waals surface area contributed by atoms with E-state index in [-0.39, 0.29) is 17.8 Å². The molecule has 3 aromatic rings. The molecule has 0 spiro atoms. The van der Waals surface area contributed by atoms with Gasteiger partial charge in [-0.3, -0.25) is 4.79 Å². The highest BCUT2D eigenvalue weighted by atomic mass is 19.1. The summed E-state index contributed by atoms with van der Waals surface area (Å²) in [5.41, 5.74) is 4.30. The number of aliphatic hydroxyl groups is 1. The van der Waals surface area contributed by atoms with Crippen LogP contribution in [0, 0.1) is 18.7 Å². The van der Waals surface area contributed by atoms with Gasteiger partial charge in [0.2, 0.25) is 0 Å². The zero-order valence-electron chi connectivity index (χ0n) is 16.0. The van der Waals surface area contributed by atoms with E-state index in [9.17, 15) is 14.3 Å². The third kappa shape index (κ3) is 3.02. The average molecular weight is 392 g/mol. The smallest absolute Gasteiger partial charge is 0.254 e. The van der Waals surface area contributed by atoms with Crippen molar-refractivity contribution in [1.29, 1.82) is 0 Å². The molecule has 6 nitrogen and oxygen atoms in total. The van der Waals surface area contributed by atoms with Crippen LogP contribution in [0.2, 0.25) is 0 Å². The second kappa shape index (κ2) is 6.77. The van der Waals surface area contributed by atoms with E-state index in [2.05, 4.69) is 10.3 Å². The fraction of sp³-hybridized carbons (Fsp3) is 0.318. The van der Waals surface area contributed by atoms with E-state index in [1.54, 1.807) is 18.2 Å². The van der Waals surface area contributed by atoms with Gasteiger partial charge in [0.05, 0.1) is 11.8 Å². The predicted octanol–water partition coefficient (Wildman–Crippen LogP) is 3.11. The summed E-state index contributed by atoms with van der Waals surface area (Å²) in [6, 6.07) is 12.1. The molecule has 2 heterocycles. The molecular formula is C22H21FN4O2. The Morgan fingerprint density at radius 1 is 1.21 bits per heavy atom. The van der Waals surface area contributed by atoms with E-state index in [1.165, 1.54) is 10.7 Å². The number of carbonyl (C=O) groups is 1. The molecule has 0 unspecified atom stereocenters. The number of hydrogen-bond acceptors (Lipinski definition) is 4. The fourth-order valence-electron chi connectivity index (χ4n) is 4.29. The van der Waals surface area contributed by atoms with Crippen molar-refractivity contribution in [3.63, 3.8) is 0 Å². The first kappa shape index (κ1) is 18.0. The first-order valence-corrected chi connectivity index (χ1v) is 9.79. The van der Waals surface area contributed by atoms with Crippen LogP contribution in [0.25, 0.3) is 16.9 Å². The summed E-state index contributed by atoms with van der Waals surface area (Å²) >= 11 is 0. The number of halogens is 1. The second-order valence-corrected chi connectivity index (χ2v) is 7.94. The molecule has 148 valence electrons. The summed E-state index contributed by atoms with van der Waals surface area (Å²) in [5.74, 6) is 0.0636. The molecular weight excluding hydrogens is 371 g/mol. The van der Waals surface area contributed by atoms with Gasteiger partial charge in [-0.25, -0.2) is 9.07 Å². The van der Waals surface area contributed by atoms with Gasteiger partial charge in [-0.05, 0) is 55.5 Å². The second-order valence-electron chi connectivity index (χ2n) is 7.94. The zero-order valence-corrected chi connectivity index (χ0v) is 16.0. The monoisotopic (exact) mass is 392 g/mol. The van der Waals surface area contributed by atoms with Crippen LogP contribution in [0.3, 0.4) is 0 Å². The van der Waals surface area contributed by atoms with Gasteiger partial charge in [0, 0.05) is 24.2 Å². The van der Waals surface area contributed by atoms with Crippen LogP contribution in [-0.2, 0) is 6.54 Å². The van der Waals surface area contributed by atoms with Crippen molar-refractivity contribution in [2.75, 3.05) is 6.54 Å². The zero-order chi connectivity index (χ0) is 20.1. The maximum atomic E-state index is 14.1. The third-order valence-electron chi connectivity index (χ3n) is 5.92. The van der Waals surface area contributed by atoms with Crippen LogP contribution in [0.15, 0.2) is 42.5 Å². The molecule has 29 heavy (non-hydrogen) atoms. The summed E-state index contributed by atoms with van der Waals surface area (Å²) < 4.78 is 15.6. The molecule has 0 atom stereocenters. The minimum atomic E-state index is -0.358. The number of aromatic nitrogens is 3. The Balaban J connectivity index is 1.42. The SMILES string of the molecule is Cc1c(-c2ccc3c(c2)CN(CC2CC(O)C2)C3=O)nnn1-c1ccccc1F. The molecule has 0 bridgehead atoms. The highest BCUT2D eigenvalue weighted by Gasteiger charge is 2.34. The van der Waals surface area contributed by atoms with Crippen LogP contribution in [0.5, 0.6) is 0 Å². The molecule has 7 heteroatoms. The molecule has 1 amide bonds. The Kier molecular flexibility index (Phi) is 4.20. The van der Waals surface area contributed by atoms with Gasteiger partial charge >= 0.3 is 0 Å². The number of para-hydroxylation sites is 1. The molecule has 1 N–H and O–H groups in total. The molecule has 1 aromatic heterocycles. The summed E-state index contributed by atoms with van der Waals surface area (Å²) in [6.07, 6.45) is 1.32. The van der Waals surface area contributed by atoms with Gasteiger partial charge in [-0.2, -0.15) is 0 Å². The van der Waals surface area contributed by atoms with Crippen LogP contribution >= 0.6 is 0 Å². The van der Waals surface area contributed by atoms with E-state index in [1.807, 2.05) is 30.0 Å². The van der Waals surface area contributed by atoms with Crippen LogP contribution in [0.1, 0.15) is 34.5 Å². The molecule has 1 fully saturated rings. The third-order valence-corrected chi connectivity index (χ3v) is 5.92. The van der Waals surface area contributed by atoms with E-state index >= 15 is 0 Å². The maximum Gasteiger partial charge on any atom is 0.254 e. The van der Waals surface area contributed by atoms with Crippen LogP contribution in [0.4, 0.5) is 4.39 Å². The van der Waals surface area contributed by atoms with Crippen LogP contribution in [-0.4, -0.2) is 43.6 Å². The quantitative estimate of drug-likeness (QED) is 0.741. The Labute approximate surface area is 167 Å². The number of benzene rings is 2. The van der Waals surface area contributed by atoms with E-state index in [4.69, 9.17) is 0 Å². The van der Waals surface area contributed by atoms with Crippen molar-refractivity contribution in [3.05, 3.63) is 65.1 Å². The van der Waals surface area contributed by atoms with Crippen molar-refractivity contribution in [2.24, 2.45) is 5.92 Å². The van der Waals surface area contributed by atoms with E-state index < -0.39 is 0 Å². The molecule has 2 aliphatic rings. The first-order valence-electron chi connectivity index (χ1n) is 9.79. The largest absolute Gasteiger partial charge is 0.393 e. The topological polar surface area (TPSA) is 71.2 Å². The Morgan fingerprint density at radius 2 is 2.00 bits per heavy atom. The number of amides is 1. The molecule has 1 aliphatic carbocycles. The van der Waals surface area contributed by atoms with Gasteiger partial charge in [-0.15, -0.1) is 5.10 Å². The lowest BCUT2D eigenvalue weighted by Gasteiger charge is -2.34. The molecule has 5 rings (SSSR count). The van der Waals surface area contributed by atoms with Gasteiger partial charge in [0.25, 0.3) is 5.91 Å². The maximum absolute atomic E-state index is 14.1. The Morgan fingerprint density at radius 3 is 2.76 bits per heavy atom. The lowest BCUT2D eigenvalue weighted by Crippen LogP contribution is -2.38. The Hall–Kier alpha value is -3.06. The van der Waals surface area contributed by atoms with E-state index in [0.717, 1.165) is 29.7 Å². The standard InChI is InChI=1S/C22H21FN4O2/c1-13-21(24-25-27(13)20-5-3-2-4-19(20)23)15-6-7-18-16(10-15)12-26(22(18)29)11-14-8-17(28)9-14/h2-7,10,14,17,28H,8-9,11-12H2,1H3. The summed E-state index contributed by atoms with van der Waals surface area (Å²) in [7, 11) is 0. The first-order chi connectivity index (χ1) is 14.0. The molecule has 0 saturated heterocycles. The van der Waals surface area contributed by atoms with Crippen molar-refractivity contribution in [1.82, 2.24) is 19.9 Å². The van der Waals surface area contributed by atoms with Gasteiger partial charge in [-0.1, -0.05) is 23.4 Å². The summed E-state index contributed by atoms with van der Waals surface area (Å²) in [4.78, 5) is 14.5. The molecule has 0 radical (unpaired) electrons. The van der Waals surface area contributed by atoms with Crippen molar-refractivity contribution >= 4 is 5.91 Å². The predicted molar refractivity (Wildman–Crippen MR) is 105 cm³/mol. The molecule has 2 aromatic carbocycles. The van der Waals surface area contributed by atoms with Crippen molar-refractivity contribution in [2.45, 2.75) is 32.4 Å². The van der Waals surface area contributed by atoms with Gasteiger partial charge < -0.3 is 10.0 Å². The van der Waals surface area contributed by atoms with Gasteiger partial charge in [0.15, 0.2) is 0 Å². The van der Waals surface area contributed by atoms with Gasteiger partial charge in [0.1, 0.15) is 17.2 Å². The summed E-state index contributed by atoms with van der Waals surface area (Å²) in [5, 5.41) is 17.9. The average Bonchev–Trinajstić information content (AvgIpc) is 3.21. The number of rotatable bonds is 4.